The van der Waals surface area contributed by atoms with E-state index in [-0.39, 0.29) is 5.41 Å². The van der Waals surface area contributed by atoms with Crippen LogP contribution >= 0.6 is 0 Å². The van der Waals surface area contributed by atoms with Crippen molar-refractivity contribution in [2.75, 3.05) is 45.8 Å². The van der Waals surface area contributed by atoms with Gasteiger partial charge in [0.25, 0.3) is 0 Å². The first-order valence-electron chi connectivity index (χ1n) is 12.2. The van der Waals surface area contributed by atoms with Crippen LogP contribution in [0.15, 0.2) is 42.6 Å². The Morgan fingerprint density at radius 1 is 1.00 bits per heavy atom. The number of aromatic nitrogens is 2. The fourth-order valence-electron chi connectivity index (χ4n) is 4.66. The molecule has 1 aromatic heterocycles. The molecule has 0 aliphatic heterocycles. The smallest absolute Gasteiger partial charge is 0.227 e. The largest absolute Gasteiger partial charge is 0.497 e. The van der Waals surface area contributed by atoms with Crippen LogP contribution in [0.4, 0.5) is 11.6 Å². The Bertz CT molecular complexity index is 1170. The summed E-state index contributed by atoms with van der Waals surface area (Å²) in [6.45, 7) is 12.3. The number of ether oxygens (including phenoxy) is 3. The highest BCUT2D eigenvalue weighted by Gasteiger charge is 2.32. The highest BCUT2D eigenvalue weighted by Crippen LogP contribution is 2.43. The molecule has 7 nitrogen and oxygen atoms in total. The van der Waals surface area contributed by atoms with Gasteiger partial charge in [-0.05, 0) is 60.3 Å². The predicted octanol–water partition coefficient (Wildman–Crippen LogP) is 5.46. The maximum absolute atomic E-state index is 5.98. The van der Waals surface area contributed by atoms with E-state index in [9.17, 15) is 0 Å². The van der Waals surface area contributed by atoms with Crippen molar-refractivity contribution in [1.29, 1.82) is 0 Å². The van der Waals surface area contributed by atoms with E-state index in [4.69, 9.17) is 19.2 Å². The summed E-state index contributed by atoms with van der Waals surface area (Å²) in [7, 11) is 3.34. The van der Waals surface area contributed by atoms with E-state index < -0.39 is 0 Å². The molecule has 186 valence electrons. The highest BCUT2D eigenvalue weighted by molar-refractivity contribution is 5.74. The lowest BCUT2D eigenvalue weighted by molar-refractivity contribution is 0.217. The minimum atomic E-state index is 0.00138. The van der Waals surface area contributed by atoms with Crippen LogP contribution in [0.2, 0.25) is 0 Å². The van der Waals surface area contributed by atoms with E-state index in [1.807, 2.05) is 30.5 Å². The summed E-state index contributed by atoms with van der Waals surface area (Å²) in [5, 5.41) is 3.33. The molecule has 0 saturated carbocycles. The van der Waals surface area contributed by atoms with Crippen molar-refractivity contribution in [3.05, 3.63) is 53.7 Å². The van der Waals surface area contributed by atoms with Crippen LogP contribution in [0.5, 0.6) is 17.2 Å². The van der Waals surface area contributed by atoms with Gasteiger partial charge >= 0.3 is 0 Å². The summed E-state index contributed by atoms with van der Waals surface area (Å²) >= 11 is 0. The van der Waals surface area contributed by atoms with Gasteiger partial charge in [0.05, 0.1) is 19.9 Å². The molecular formula is C28H36N4O3. The Labute approximate surface area is 208 Å². The first kappa shape index (κ1) is 24.8. The van der Waals surface area contributed by atoms with Crippen molar-refractivity contribution in [3.8, 4) is 28.5 Å². The zero-order chi connectivity index (χ0) is 25.0. The van der Waals surface area contributed by atoms with Crippen LogP contribution < -0.4 is 19.5 Å². The molecule has 7 heteroatoms. The molecule has 0 unspecified atom stereocenters. The van der Waals surface area contributed by atoms with Gasteiger partial charge in [-0.3, -0.25) is 0 Å². The molecule has 2 aromatic carbocycles. The number of nitrogens with one attached hydrogen (secondary N) is 1. The Kier molecular flexibility index (Phi) is 7.45. The lowest BCUT2D eigenvalue weighted by Gasteiger charge is -2.33. The quantitative estimate of drug-likeness (QED) is 0.417. The van der Waals surface area contributed by atoms with E-state index in [1.54, 1.807) is 14.2 Å². The normalized spacial score (nSPS) is 13.7. The standard InChI is InChI=1S/C28H36N4O3/c1-7-32(8-2)13-14-35-24-12-9-20(15-25(24)34-6)30-27-29-18-19-17-28(3,4)23-11-10-21(33-5)16-22(23)26(19)31-27/h9-12,15-16,18H,7-8,13-14,17H2,1-6H3,(H,29,30,31). The molecule has 3 aromatic rings. The molecule has 1 aliphatic rings. The second-order valence-corrected chi connectivity index (χ2v) is 9.41. The zero-order valence-electron chi connectivity index (χ0n) is 21.6. The van der Waals surface area contributed by atoms with E-state index in [1.165, 1.54) is 5.56 Å². The number of rotatable bonds is 10. The molecule has 0 saturated heterocycles. The van der Waals surface area contributed by atoms with Gasteiger partial charge in [-0.1, -0.05) is 33.8 Å². The topological polar surface area (TPSA) is 68.7 Å². The van der Waals surface area contributed by atoms with Crippen LogP contribution in [0.3, 0.4) is 0 Å². The summed E-state index contributed by atoms with van der Waals surface area (Å²) in [4.78, 5) is 11.8. The number of hydrogen-bond acceptors (Lipinski definition) is 7. The predicted molar refractivity (Wildman–Crippen MR) is 140 cm³/mol. The van der Waals surface area contributed by atoms with Gasteiger partial charge in [-0.15, -0.1) is 0 Å². The van der Waals surface area contributed by atoms with Crippen molar-refractivity contribution in [3.63, 3.8) is 0 Å². The maximum atomic E-state index is 5.98. The maximum Gasteiger partial charge on any atom is 0.227 e. The Hall–Kier alpha value is -3.32. The van der Waals surface area contributed by atoms with Crippen LogP contribution in [0.25, 0.3) is 11.3 Å². The van der Waals surface area contributed by atoms with Gasteiger partial charge < -0.3 is 24.4 Å². The third-order valence-electron chi connectivity index (χ3n) is 6.69. The van der Waals surface area contributed by atoms with Crippen molar-refractivity contribution in [2.24, 2.45) is 0 Å². The number of likely N-dealkylation sites (N-methyl/N-ethyl adjacent to an activating group) is 1. The second kappa shape index (κ2) is 10.5. The number of methoxy groups -OCH3 is 2. The Morgan fingerprint density at radius 2 is 1.80 bits per heavy atom. The number of nitrogens with zero attached hydrogens (tertiary/aromatic N) is 3. The van der Waals surface area contributed by atoms with Gasteiger partial charge in [-0.25, -0.2) is 9.97 Å². The summed E-state index contributed by atoms with van der Waals surface area (Å²) < 4.78 is 17.1. The number of fused-ring (bicyclic) bond motifs is 3. The van der Waals surface area contributed by atoms with Crippen molar-refractivity contribution in [2.45, 2.75) is 39.5 Å². The minimum Gasteiger partial charge on any atom is -0.497 e. The summed E-state index contributed by atoms with van der Waals surface area (Å²) in [6, 6.07) is 12.0. The van der Waals surface area contributed by atoms with Crippen LogP contribution in [-0.4, -0.2) is 55.3 Å². The minimum absolute atomic E-state index is 0.00138. The monoisotopic (exact) mass is 476 g/mol. The fraction of sp³-hybridized carbons (Fsp3) is 0.429. The Balaban J connectivity index is 1.56. The summed E-state index contributed by atoms with van der Waals surface area (Å²) in [6.07, 6.45) is 2.81. The van der Waals surface area contributed by atoms with Crippen molar-refractivity contribution >= 4 is 11.6 Å². The molecule has 1 N–H and O–H groups in total. The molecule has 4 rings (SSSR count). The van der Waals surface area contributed by atoms with E-state index in [2.05, 4.69) is 55.0 Å². The second-order valence-electron chi connectivity index (χ2n) is 9.41. The highest BCUT2D eigenvalue weighted by atomic mass is 16.5. The lowest BCUT2D eigenvalue weighted by Crippen LogP contribution is -2.27. The number of anilines is 2. The van der Waals surface area contributed by atoms with Gasteiger partial charge in [-0.2, -0.15) is 0 Å². The van der Waals surface area contributed by atoms with Gasteiger partial charge in [0.1, 0.15) is 12.4 Å². The van der Waals surface area contributed by atoms with Gasteiger partial charge in [0.2, 0.25) is 5.95 Å². The van der Waals surface area contributed by atoms with Gasteiger partial charge in [0, 0.05) is 30.1 Å². The van der Waals surface area contributed by atoms with E-state index in [0.29, 0.717) is 18.3 Å². The number of benzene rings is 2. The first-order chi connectivity index (χ1) is 16.9. The molecule has 0 amide bonds. The third-order valence-corrected chi connectivity index (χ3v) is 6.69. The van der Waals surface area contributed by atoms with E-state index in [0.717, 1.165) is 60.1 Å². The Morgan fingerprint density at radius 3 is 2.51 bits per heavy atom. The molecule has 1 heterocycles. The van der Waals surface area contributed by atoms with Crippen molar-refractivity contribution < 1.29 is 14.2 Å². The third kappa shape index (κ3) is 5.35. The van der Waals surface area contributed by atoms with Crippen LogP contribution in [-0.2, 0) is 11.8 Å². The average Bonchev–Trinajstić information content (AvgIpc) is 2.87. The molecular weight excluding hydrogens is 440 g/mol. The molecule has 1 aliphatic carbocycles. The first-order valence-corrected chi connectivity index (χ1v) is 12.2. The summed E-state index contributed by atoms with van der Waals surface area (Å²) in [5.41, 5.74) is 5.27. The lowest BCUT2D eigenvalue weighted by atomic mass is 9.72. The molecule has 0 spiro atoms. The SMILES string of the molecule is CCN(CC)CCOc1ccc(Nc2ncc3c(n2)-c2cc(OC)ccc2C(C)(C)C3)cc1OC. The summed E-state index contributed by atoms with van der Waals surface area (Å²) in [5.74, 6) is 2.75. The molecule has 0 atom stereocenters. The fourth-order valence-corrected chi connectivity index (χ4v) is 4.66. The molecule has 0 bridgehead atoms. The van der Waals surface area contributed by atoms with Crippen LogP contribution in [0.1, 0.15) is 38.8 Å². The van der Waals surface area contributed by atoms with E-state index >= 15 is 0 Å². The zero-order valence-corrected chi connectivity index (χ0v) is 21.6. The van der Waals surface area contributed by atoms with Crippen molar-refractivity contribution in [1.82, 2.24) is 14.9 Å². The molecule has 0 radical (unpaired) electrons. The number of hydrogen-bond donors (Lipinski definition) is 1. The average molecular weight is 477 g/mol. The molecule has 0 fully saturated rings. The molecule has 35 heavy (non-hydrogen) atoms. The van der Waals surface area contributed by atoms with Crippen LogP contribution in [0, 0.1) is 0 Å². The van der Waals surface area contributed by atoms with Gasteiger partial charge in [0.15, 0.2) is 11.5 Å².